The van der Waals surface area contributed by atoms with Gasteiger partial charge in [0.25, 0.3) is 0 Å². The number of carbonyl (C=O) groups excluding carboxylic acids is 1. The van der Waals surface area contributed by atoms with Crippen molar-refractivity contribution in [2.45, 2.75) is 26.7 Å². The lowest BCUT2D eigenvalue weighted by molar-refractivity contribution is -0.137. The lowest BCUT2D eigenvalue weighted by Gasteiger charge is -2.04. The zero-order valence-electron chi connectivity index (χ0n) is 10.6. The van der Waals surface area contributed by atoms with Crippen LogP contribution in [0.25, 0.3) is 0 Å². The number of carboxylic acid groups (broad SMARTS) is 2. The van der Waals surface area contributed by atoms with E-state index in [2.05, 4.69) is 4.98 Å². The average Bonchev–Trinajstić information content (AvgIpc) is 2.64. The number of esters is 1. The van der Waals surface area contributed by atoms with Crippen molar-refractivity contribution in [3.8, 4) is 0 Å². The first-order chi connectivity index (χ1) is 8.88. The molecule has 0 unspecified atom stereocenters. The number of aromatic carboxylic acids is 1. The lowest BCUT2D eigenvalue weighted by Crippen LogP contribution is -2.09. The fourth-order valence-corrected chi connectivity index (χ4v) is 1.77. The van der Waals surface area contributed by atoms with Crippen LogP contribution >= 0.6 is 0 Å². The van der Waals surface area contributed by atoms with Gasteiger partial charge < -0.3 is 19.9 Å². The molecule has 7 nitrogen and oxygen atoms in total. The number of rotatable bonds is 6. The summed E-state index contributed by atoms with van der Waals surface area (Å²) < 4.78 is 4.85. The van der Waals surface area contributed by atoms with Gasteiger partial charge >= 0.3 is 17.9 Å². The molecule has 1 heterocycles. The first-order valence-electron chi connectivity index (χ1n) is 5.72. The average molecular weight is 269 g/mol. The molecule has 0 amide bonds. The predicted octanol–water partition coefficient (Wildman–Crippen LogP) is 1.22. The molecule has 0 radical (unpaired) electrons. The number of aromatic nitrogens is 1. The van der Waals surface area contributed by atoms with Gasteiger partial charge in [0.15, 0.2) is 0 Å². The van der Waals surface area contributed by atoms with Crippen molar-refractivity contribution in [1.29, 1.82) is 0 Å². The molecule has 1 aromatic heterocycles. The molecule has 1 aromatic rings. The van der Waals surface area contributed by atoms with Crippen LogP contribution in [0.2, 0.25) is 0 Å². The maximum atomic E-state index is 11.8. The SMILES string of the molecule is CCOC(=O)c1c(CCC(=O)O)[nH]c(C(=O)O)c1C. The maximum Gasteiger partial charge on any atom is 0.352 e. The highest BCUT2D eigenvalue weighted by Gasteiger charge is 2.24. The van der Waals surface area contributed by atoms with Gasteiger partial charge in [-0.1, -0.05) is 0 Å². The molecular formula is C12H15NO6. The zero-order chi connectivity index (χ0) is 14.6. The van der Waals surface area contributed by atoms with Crippen molar-refractivity contribution in [3.05, 3.63) is 22.5 Å². The Kier molecular flexibility index (Phi) is 4.68. The quantitative estimate of drug-likeness (QED) is 0.668. The largest absolute Gasteiger partial charge is 0.481 e. The summed E-state index contributed by atoms with van der Waals surface area (Å²) in [5.74, 6) is -2.88. The van der Waals surface area contributed by atoms with E-state index < -0.39 is 17.9 Å². The van der Waals surface area contributed by atoms with Crippen LogP contribution < -0.4 is 0 Å². The Labute approximate surface area is 109 Å². The van der Waals surface area contributed by atoms with Crippen LogP contribution in [0.15, 0.2) is 0 Å². The van der Waals surface area contributed by atoms with Crippen LogP contribution in [-0.2, 0) is 16.0 Å². The summed E-state index contributed by atoms with van der Waals surface area (Å²) >= 11 is 0. The Hall–Kier alpha value is -2.31. The summed E-state index contributed by atoms with van der Waals surface area (Å²) in [6.45, 7) is 3.27. The van der Waals surface area contributed by atoms with Gasteiger partial charge in [0.1, 0.15) is 5.69 Å². The summed E-state index contributed by atoms with van der Waals surface area (Å²) in [5, 5.41) is 17.6. The number of carboxylic acids is 2. The first kappa shape index (κ1) is 14.7. The number of aromatic amines is 1. The molecular weight excluding hydrogens is 254 g/mol. The third-order valence-corrected chi connectivity index (χ3v) is 2.61. The molecule has 0 saturated heterocycles. The van der Waals surface area contributed by atoms with Crippen LogP contribution in [-0.4, -0.2) is 39.7 Å². The number of carbonyl (C=O) groups is 3. The van der Waals surface area contributed by atoms with Crippen molar-refractivity contribution in [1.82, 2.24) is 4.98 Å². The fraction of sp³-hybridized carbons (Fsp3) is 0.417. The number of nitrogens with one attached hydrogen (secondary N) is 1. The Morgan fingerprint density at radius 3 is 2.37 bits per heavy atom. The predicted molar refractivity (Wildman–Crippen MR) is 64.4 cm³/mol. The van der Waals surface area contributed by atoms with Gasteiger partial charge in [-0.05, 0) is 25.8 Å². The third-order valence-electron chi connectivity index (χ3n) is 2.61. The number of aliphatic carboxylic acids is 1. The summed E-state index contributed by atoms with van der Waals surface area (Å²) in [6.07, 6.45) is -0.164. The second-order valence-corrected chi connectivity index (χ2v) is 3.90. The van der Waals surface area contributed by atoms with Crippen molar-refractivity contribution in [3.63, 3.8) is 0 Å². The van der Waals surface area contributed by atoms with E-state index in [0.717, 1.165) is 0 Å². The second kappa shape index (κ2) is 6.03. The second-order valence-electron chi connectivity index (χ2n) is 3.90. The van der Waals surface area contributed by atoms with E-state index in [-0.39, 0.29) is 42.0 Å². The van der Waals surface area contributed by atoms with Crippen molar-refractivity contribution in [2.24, 2.45) is 0 Å². The van der Waals surface area contributed by atoms with Crippen LogP contribution in [0.5, 0.6) is 0 Å². The molecule has 0 fully saturated rings. The Bertz CT molecular complexity index is 517. The highest BCUT2D eigenvalue weighted by Crippen LogP contribution is 2.21. The van der Waals surface area contributed by atoms with Crippen LogP contribution in [0.3, 0.4) is 0 Å². The van der Waals surface area contributed by atoms with E-state index in [1.807, 2.05) is 0 Å². The molecule has 0 aliphatic heterocycles. The lowest BCUT2D eigenvalue weighted by atomic mass is 10.1. The molecule has 104 valence electrons. The van der Waals surface area contributed by atoms with Crippen LogP contribution in [0.4, 0.5) is 0 Å². The van der Waals surface area contributed by atoms with Gasteiger partial charge in [0, 0.05) is 5.69 Å². The molecule has 7 heteroatoms. The van der Waals surface area contributed by atoms with Crippen molar-refractivity contribution >= 4 is 17.9 Å². The Balaban J connectivity index is 3.19. The molecule has 19 heavy (non-hydrogen) atoms. The van der Waals surface area contributed by atoms with Gasteiger partial charge in [-0.25, -0.2) is 9.59 Å². The molecule has 0 bridgehead atoms. The minimum Gasteiger partial charge on any atom is -0.481 e. The monoisotopic (exact) mass is 269 g/mol. The smallest absolute Gasteiger partial charge is 0.352 e. The number of hydrogen-bond acceptors (Lipinski definition) is 4. The van der Waals surface area contributed by atoms with Gasteiger partial charge in [0.05, 0.1) is 18.6 Å². The van der Waals surface area contributed by atoms with Gasteiger partial charge in [-0.15, -0.1) is 0 Å². The third kappa shape index (κ3) is 3.34. The van der Waals surface area contributed by atoms with Crippen LogP contribution in [0, 0.1) is 6.92 Å². The number of ether oxygens (including phenoxy) is 1. The van der Waals surface area contributed by atoms with E-state index >= 15 is 0 Å². The van der Waals surface area contributed by atoms with E-state index in [4.69, 9.17) is 14.9 Å². The molecule has 3 N–H and O–H groups in total. The topological polar surface area (TPSA) is 117 Å². The fourth-order valence-electron chi connectivity index (χ4n) is 1.77. The molecule has 0 aromatic carbocycles. The number of aryl methyl sites for hydroxylation is 1. The van der Waals surface area contributed by atoms with E-state index in [1.54, 1.807) is 6.92 Å². The zero-order valence-corrected chi connectivity index (χ0v) is 10.6. The molecule has 0 spiro atoms. The summed E-state index contributed by atoms with van der Waals surface area (Å²) in [5.41, 5.74) is 0.519. The number of hydrogen-bond donors (Lipinski definition) is 3. The minimum atomic E-state index is -1.20. The molecule has 0 aliphatic carbocycles. The summed E-state index contributed by atoms with van der Waals surface area (Å²) in [7, 11) is 0. The first-order valence-corrected chi connectivity index (χ1v) is 5.72. The highest BCUT2D eigenvalue weighted by atomic mass is 16.5. The van der Waals surface area contributed by atoms with Crippen molar-refractivity contribution in [2.75, 3.05) is 6.61 Å². The molecule has 0 aliphatic rings. The van der Waals surface area contributed by atoms with Gasteiger partial charge in [-0.3, -0.25) is 4.79 Å². The summed E-state index contributed by atoms with van der Waals surface area (Å²) in [4.78, 5) is 35.9. The highest BCUT2D eigenvalue weighted by molar-refractivity contribution is 5.98. The standard InChI is InChI=1S/C12H15NO6/c1-3-19-12(18)9-6(2)10(11(16)17)13-7(9)4-5-8(14)15/h13H,3-5H2,1-2H3,(H,14,15)(H,16,17). The Morgan fingerprint density at radius 1 is 1.26 bits per heavy atom. The molecule has 1 rings (SSSR count). The Morgan fingerprint density at radius 2 is 1.89 bits per heavy atom. The number of H-pyrrole nitrogens is 1. The van der Waals surface area contributed by atoms with E-state index in [1.165, 1.54) is 6.92 Å². The summed E-state index contributed by atoms with van der Waals surface area (Å²) in [6, 6.07) is 0. The van der Waals surface area contributed by atoms with E-state index in [9.17, 15) is 14.4 Å². The minimum absolute atomic E-state index is 0.0393. The van der Waals surface area contributed by atoms with Gasteiger partial charge in [-0.2, -0.15) is 0 Å². The molecule has 0 saturated carbocycles. The van der Waals surface area contributed by atoms with Crippen molar-refractivity contribution < 1.29 is 29.3 Å². The van der Waals surface area contributed by atoms with Gasteiger partial charge in [0.2, 0.25) is 0 Å². The normalized spacial score (nSPS) is 10.2. The van der Waals surface area contributed by atoms with E-state index in [0.29, 0.717) is 0 Å². The maximum absolute atomic E-state index is 11.8. The van der Waals surface area contributed by atoms with Crippen LogP contribution in [0.1, 0.15) is 45.4 Å². The molecule has 0 atom stereocenters.